The highest BCUT2D eigenvalue weighted by atomic mass is 17.0. The van der Waals surface area contributed by atoms with Crippen LogP contribution < -0.4 is 66.7 Å². The van der Waals surface area contributed by atoms with Crippen LogP contribution in [-0.2, 0) is 38.0 Å². The van der Waals surface area contributed by atoms with Gasteiger partial charge < -0.3 is 115 Å². The fraction of sp³-hybridized carbons (Fsp3) is 0.323. The van der Waals surface area contributed by atoms with E-state index in [9.17, 15) is 69.2 Å². The number of ketones is 2. The molecule has 2 aliphatic heterocycles. The van der Waals surface area contributed by atoms with Gasteiger partial charge in [-0.1, -0.05) is 0 Å². The number of benzene rings is 6. The first-order chi connectivity index (χ1) is 48.0. The highest BCUT2D eigenvalue weighted by molar-refractivity contribution is 6.08. The van der Waals surface area contributed by atoms with Gasteiger partial charge in [0.1, 0.15) is 38.0 Å². The van der Waals surface area contributed by atoms with Crippen molar-refractivity contribution >= 4 is 104 Å². The summed E-state index contributed by atoms with van der Waals surface area (Å²) in [5, 5.41) is 76.6. The Morgan fingerprint density at radius 2 is 0.446 bits per heavy atom. The van der Waals surface area contributed by atoms with Gasteiger partial charge in [0.15, 0.2) is 23.0 Å². The molecule has 0 aromatic heterocycles. The van der Waals surface area contributed by atoms with Gasteiger partial charge in [0.25, 0.3) is 22.7 Å². The molecule has 0 atom stereocenters. The second-order valence-corrected chi connectivity index (χ2v) is 20.1. The number of rotatable bonds is 12. The highest BCUT2D eigenvalue weighted by Crippen LogP contribution is 2.39. The summed E-state index contributed by atoms with van der Waals surface area (Å²) < 4.78 is 56.3. The predicted octanol–water partition coefficient (Wildman–Crippen LogP) is 7.58. The molecule has 0 unspecified atom stereocenters. The van der Waals surface area contributed by atoms with E-state index in [-0.39, 0.29) is 161 Å². The number of amides is 8. The molecular formula is C62H76N12O27. The van der Waals surface area contributed by atoms with Crippen LogP contribution in [0.15, 0.2) is 121 Å². The molecule has 0 bridgehead atoms. The lowest BCUT2D eigenvalue weighted by Gasteiger charge is -2.19. The Balaban J connectivity index is 0.000000460. The van der Waals surface area contributed by atoms with Crippen molar-refractivity contribution in [1.29, 1.82) is 0 Å². The van der Waals surface area contributed by atoms with E-state index in [0.717, 1.165) is 0 Å². The van der Waals surface area contributed by atoms with Gasteiger partial charge in [-0.3, -0.25) is 40.5 Å². The van der Waals surface area contributed by atoms with Gasteiger partial charge in [-0.05, 0) is 76.2 Å². The van der Waals surface area contributed by atoms with Gasteiger partial charge in [0.2, 0.25) is 0 Å². The number of non-ortho nitro benzene ring substituents is 4. The maximum absolute atomic E-state index is 12.9. The van der Waals surface area contributed by atoms with Crippen molar-refractivity contribution < 1.29 is 112 Å². The van der Waals surface area contributed by atoms with Gasteiger partial charge in [-0.2, -0.15) is 0 Å². The number of fused-ring (bicyclic) bond motifs is 2. The summed E-state index contributed by atoms with van der Waals surface area (Å²) in [6.45, 7) is 10.6. The summed E-state index contributed by atoms with van der Waals surface area (Å²) in [5.74, 6) is 1.27. The van der Waals surface area contributed by atoms with Crippen LogP contribution in [0, 0.1) is 40.5 Å². The fourth-order valence-electron chi connectivity index (χ4n) is 7.72. The Morgan fingerprint density at radius 1 is 0.297 bits per heavy atom. The zero-order valence-corrected chi connectivity index (χ0v) is 54.9. The average Bonchev–Trinajstić information content (AvgIpc) is 0.874. The van der Waals surface area contributed by atoms with Crippen LogP contribution in [0.5, 0.6) is 23.0 Å². The molecule has 12 N–H and O–H groups in total. The molecule has 0 saturated heterocycles. The van der Waals surface area contributed by atoms with E-state index in [4.69, 9.17) is 52.6 Å². The van der Waals surface area contributed by atoms with Crippen LogP contribution in [0.25, 0.3) is 0 Å². The molecule has 0 aliphatic carbocycles. The molecule has 8 amide bonds. The van der Waals surface area contributed by atoms with Crippen molar-refractivity contribution in [2.24, 2.45) is 0 Å². The van der Waals surface area contributed by atoms with Crippen molar-refractivity contribution in [3.8, 4) is 23.0 Å². The lowest BCUT2D eigenvalue weighted by atomic mass is 10.2. The SMILES string of the molecule is CC(C)=O.CC(C)=O.O.O=C(Nc1ccc([N+](=O)[O-])cc1)Nc1cc2c(cc1NC(=O)Nc1ccc([N+](=O)[O-])cc1)OCCOCCOCCOCCO2.O=C(Nc1ccc([N+](=O)[O-])cc1)Nc1cc2c(cc1NC(=O)Nc1ccc([N+](=O)[O-])cc1)OCCOCCOCCOCCO2.[O-][OH2+]. The minimum absolute atomic E-state index is 0. The molecule has 6 aromatic carbocycles. The van der Waals surface area contributed by atoms with Crippen LogP contribution >= 0.6 is 0 Å². The molecule has 0 radical (unpaired) electrons. The second-order valence-electron chi connectivity index (χ2n) is 20.1. The van der Waals surface area contributed by atoms with Gasteiger partial charge in [0, 0.05) is 95.5 Å². The van der Waals surface area contributed by atoms with Gasteiger partial charge >= 0.3 is 24.1 Å². The van der Waals surface area contributed by atoms with Crippen LogP contribution in [0.4, 0.5) is 87.4 Å². The van der Waals surface area contributed by atoms with Crippen molar-refractivity contribution in [1.82, 2.24) is 0 Å². The zero-order chi connectivity index (χ0) is 73.2. The van der Waals surface area contributed by atoms with E-state index in [1.807, 2.05) is 0 Å². The number of nitro benzene ring substituents is 4. The predicted molar refractivity (Wildman–Crippen MR) is 363 cm³/mol. The van der Waals surface area contributed by atoms with E-state index < -0.39 is 43.8 Å². The number of ether oxygens (including phenoxy) is 10. The van der Waals surface area contributed by atoms with Crippen molar-refractivity contribution in [2.75, 3.05) is 148 Å². The van der Waals surface area contributed by atoms with Crippen LogP contribution in [0.3, 0.4) is 0 Å². The molecule has 2 heterocycles. The lowest BCUT2D eigenvalue weighted by molar-refractivity contribution is -0.670. The standard InChI is InChI=1S/2C28H30N6O11.2C3H6O.H2O2.H2O/c2*35-27(29-19-1-5-21(6-2-19)33(37)38)31-23-17-25-26(45-16-14-43-12-10-41-9-11-42-13-15-44-25)18-24(23)32-28(36)30-20-3-7-22(8-4-20)34(39)40;2*1-3(2)4;1-2;/h2*1-8,17-18H,9-16H2,(H2,29,31,35)(H2,30,32,36);2*1-2H3;1H2;1H2. The molecule has 39 heteroatoms. The Labute approximate surface area is 574 Å². The number of nitrogens with zero attached hydrogens (tertiary/aromatic N) is 4. The zero-order valence-electron chi connectivity index (χ0n) is 54.9. The van der Waals surface area contributed by atoms with E-state index in [1.54, 1.807) is 0 Å². The van der Waals surface area contributed by atoms with Crippen molar-refractivity contribution in [3.63, 3.8) is 0 Å². The third-order valence-corrected chi connectivity index (χ3v) is 11.9. The summed E-state index contributed by atoms with van der Waals surface area (Å²) in [5.41, 5.74) is 0.963. The van der Waals surface area contributed by atoms with Crippen molar-refractivity contribution in [2.45, 2.75) is 27.7 Å². The minimum atomic E-state index is -0.725. The second kappa shape index (κ2) is 46.4. The Morgan fingerprint density at radius 3 is 0.594 bits per heavy atom. The number of hydrogen-bond donors (Lipinski definition) is 8. The largest absolute Gasteiger partial charge is 0.536 e. The molecule has 39 nitrogen and oxygen atoms in total. The number of nitrogens with one attached hydrogen (secondary N) is 8. The van der Waals surface area contributed by atoms with Crippen LogP contribution in [0.1, 0.15) is 27.7 Å². The maximum atomic E-state index is 12.9. The molecule has 2 aliphatic rings. The first-order valence-electron chi connectivity index (χ1n) is 29.8. The summed E-state index contributed by atoms with van der Waals surface area (Å²) in [6.07, 6.45) is 0. The lowest BCUT2D eigenvalue weighted by Crippen LogP contribution is -2.23. The third kappa shape index (κ3) is 33.3. The summed E-state index contributed by atoms with van der Waals surface area (Å²) >= 11 is 0. The topological polar surface area (TPSA) is 541 Å². The van der Waals surface area contributed by atoms with Crippen LogP contribution in [0.2, 0.25) is 0 Å². The molecular weight excluding hydrogens is 1340 g/mol. The first-order valence-corrected chi connectivity index (χ1v) is 29.8. The monoisotopic (exact) mass is 1420 g/mol. The number of carbonyl (C=O) groups is 6. The maximum Gasteiger partial charge on any atom is 0.323 e. The van der Waals surface area contributed by atoms with Gasteiger partial charge in [0.05, 0.1) is 122 Å². The average molecular weight is 1420 g/mol. The quantitative estimate of drug-likeness (QED) is 0.0253. The molecule has 0 saturated carbocycles. The molecule has 101 heavy (non-hydrogen) atoms. The first kappa shape index (κ1) is 83.4. The van der Waals surface area contributed by atoms with E-state index in [2.05, 4.69) is 47.8 Å². The van der Waals surface area contributed by atoms with Gasteiger partial charge in [-0.25, -0.2) is 19.2 Å². The number of carbonyl (C=O) groups excluding carboxylic acids is 6. The molecule has 546 valence electrons. The van der Waals surface area contributed by atoms with Crippen molar-refractivity contribution in [3.05, 3.63) is 162 Å². The molecule has 6 aromatic rings. The fourth-order valence-corrected chi connectivity index (χ4v) is 7.72. The Bertz CT molecular complexity index is 3180. The van der Waals surface area contributed by atoms with E-state index >= 15 is 0 Å². The number of anilines is 8. The Kier molecular flexibility index (Phi) is 38.3. The van der Waals surface area contributed by atoms with E-state index in [1.165, 1.54) is 149 Å². The third-order valence-electron chi connectivity index (χ3n) is 11.9. The summed E-state index contributed by atoms with van der Waals surface area (Å²) in [7, 11) is 0. The number of urea groups is 4. The Hall–Kier alpha value is -11.8. The number of nitro groups is 4. The molecule has 8 rings (SSSR count). The molecule has 0 spiro atoms. The highest BCUT2D eigenvalue weighted by Gasteiger charge is 2.21. The van der Waals surface area contributed by atoms with E-state index in [0.29, 0.717) is 52.9 Å². The smallest absolute Gasteiger partial charge is 0.323 e. The van der Waals surface area contributed by atoms with Gasteiger partial charge in [-0.15, -0.1) is 0 Å². The summed E-state index contributed by atoms with van der Waals surface area (Å²) in [4.78, 5) is 112. The number of hydrogen-bond acceptors (Lipinski definition) is 25. The van der Waals surface area contributed by atoms with Crippen LogP contribution in [-0.4, -0.2) is 172 Å². The summed E-state index contributed by atoms with van der Waals surface area (Å²) in [6, 6.07) is 23.7. The minimum Gasteiger partial charge on any atom is -0.536 e. The molecule has 0 fully saturated rings. The normalized spacial score (nSPS) is 13.2. The number of Topliss-reactive ketones (excluding diaryl/α,β-unsaturated/α-hetero) is 2.